The normalized spacial score (nSPS) is 14.0. The van der Waals surface area contributed by atoms with E-state index in [1.807, 2.05) is 19.9 Å². The second-order valence-corrected chi connectivity index (χ2v) is 9.97. The van der Waals surface area contributed by atoms with Gasteiger partial charge in [0.2, 0.25) is 0 Å². The number of nitro groups is 1. The fraction of sp³-hybridized carbons (Fsp3) is 0.179. The molecule has 0 aromatic heterocycles. The van der Waals surface area contributed by atoms with Crippen LogP contribution < -0.4 is 19.9 Å². The van der Waals surface area contributed by atoms with E-state index in [2.05, 4.69) is 10.2 Å². The van der Waals surface area contributed by atoms with E-state index in [-0.39, 0.29) is 16.3 Å². The van der Waals surface area contributed by atoms with E-state index in [0.717, 1.165) is 35.4 Å². The van der Waals surface area contributed by atoms with Gasteiger partial charge in [-0.15, -0.1) is 0 Å². The number of amides is 3. The van der Waals surface area contributed by atoms with Gasteiger partial charge >= 0.3 is 0 Å². The van der Waals surface area contributed by atoms with Gasteiger partial charge in [0.15, 0.2) is 6.61 Å². The van der Waals surface area contributed by atoms with E-state index in [9.17, 15) is 24.5 Å². The molecule has 3 aromatic rings. The van der Waals surface area contributed by atoms with Gasteiger partial charge in [-0.3, -0.25) is 24.5 Å². The van der Waals surface area contributed by atoms with Gasteiger partial charge in [0.05, 0.1) is 15.5 Å². The summed E-state index contributed by atoms with van der Waals surface area (Å²) in [6, 6.07) is 17.4. The molecule has 1 aliphatic heterocycles. The average Bonchev–Trinajstić information content (AvgIpc) is 3.21. The first-order valence-corrected chi connectivity index (χ1v) is 13.5. The Kier molecular flexibility index (Phi) is 9.08. The minimum atomic E-state index is -0.550. The zero-order valence-electron chi connectivity index (χ0n) is 21.6. The van der Waals surface area contributed by atoms with Gasteiger partial charge in [-0.2, -0.15) is 0 Å². The van der Waals surface area contributed by atoms with Crippen LogP contribution in [0.4, 0.5) is 27.5 Å². The Morgan fingerprint density at radius 1 is 1.10 bits per heavy atom. The zero-order valence-corrected chi connectivity index (χ0v) is 23.2. The number of nitrogens with one attached hydrogen (secondary N) is 1. The number of benzene rings is 3. The highest BCUT2D eigenvalue weighted by atomic mass is 35.5. The van der Waals surface area contributed by atoms with Gasteiger partial charge in [-0.25, -0.2) is 4.90 Å². The highest BCUT2D eigenvalue weighted by Gasteiger charge is 2.36. The maximum atomic E-state index is 13.2. The molecule has 0 unspecified atom stereocenters. The number of ether oxygens (including phenoxy) is 1. The molecule has 1 fully saturated rings. The lowest BCUT2D eigenvalue weighted by Crippen LogP contribution is -2.27. The number of nitrogens with zero attached hydrogens (tertiary/aromatic N) is 3. The summed E-state index contributed by atoms with van der Waals surface area (Å²) in [6.07, 6.45) is 1.55. The van der Waals surface area contributed by atoms with Crippen LogP contribution in [0.2, 0.25) is 5.02 Å². The molecule has 0 spiro atoms. The van der Waals surface area contributed by atoms with Gasteiger partial charge in [-0.05, 0) is 68.1 Å². The Morgan fingerprint density at radius 2 is 1.85 bits per heavy atom. The molecule has 1 aliphatic rings. The molecule has 1 saturated heterocycles. The number of nitro benzene ring substituents is 1. The molecule has 206 valence electrons. The molecular weight excluding hydrogens is 556 g/mol. The number of rotatable bonds is 10. The first-order valence-electron chi connectivity index (χ1n) is 12.3. The number of imide groups is 1. The van der Waals surface area contributed by atoms with Crippen LogP contribution >= 0.6 is 23.4 Å². The van der Waals surface area contributed by atoms with Gasteiger partial charge in [0, 0.05) is 53.2 Å². The van der Waals surface area contributed by atoms with Crippen molar-refractivity contribution >= 4 is 69.2 Å². The minimum absolute atomic E-state index is 0.153. The van der Waals surface area contributed by atoms with Crippen LogP contribution in [0.5, 0.6) is 5.75 Å². The van der Waals surface area contributed by atoms with Gasteiger partial charge < -0.3 is 15.0 Å². The van der Waals surface area contributed by atoms with Crippen LogP contribution in [0, 0.1) is 10.1 Å². The smallest absolute Gasteiger partial charge is 0.298 e. The van der Waals surface area contributed by atoms with Crippen molar-refractivity contribution in [1.82, 2.24) is 0 Å². The summed E-state index contributed by atoms with van der Waals surface area (Å²) >= 11 is 6.84. The van der Waals surface area contributed by atoms with Crippen LogP contribution in [-0.4, -0.2) is 41.7 Å². The Labute approximate surface area is 239 Å². The largest absolute Gasteiger partial charge is 0.483 e. The third-order valence-corrected chi connectivity index (χ3v) is 7.08. The summed E-state index contributed by atoms with van der Waals surface area (Å²) < 4.78 is 5.87. The van der Waals surface area contributed by atoms with Crippen LogP contribution in [-0.2, 0) is 9.59 Å². The summed E-state index contributed by atoms with van der Waals surface area (Å²) in [4.78, 5) is 52.3. The second-order valence-electron chi connectivity index (χ2n) is 8.54. The molecule has 1 heterocycles. The first-order chi connectivity index (χ1) is 19.2. The van der Waals surface area contributed by atoms with E-state index in [4.69, 9.17) is 16.3 Å². The molecule has 1 N–H and O–H groups in total. The van der Waals surface area contributed by atoms with Crippen molar-refractivity contribution in [3.8, 4) is 5.75 Å². The van der Waals surface area contributed by atoms with E-state index in [0.29, 0.717) is 22.0 Å². The van der Waals surface area contributed by atoms with E-state index >= 15 is 0 Å². The van der Waals surface area contributed by atoms with Crippen LogP contribution in [0.3, 0.4) is 0 Å². The maximum absolute atomic E-state index is 13.2. The average molecular weight is 581 g/mol. The highest BCUT2D eigenvalue weighted by Crippen LogP contribution is 2.38. The molecule has 0 aliphatic carbocycles. The van der Waals surface area contributed by atoms with Crippen LogP contribution in [0.25, 0.3) is 6.08 Å². The maximum Gasteiger partial charge on any atom is 0.298 e. The summed E-state index contributed by atoms with van der Waals surface area (Å²) in [5, 5.41) is 13.5. The lowest BCUT2D eigenvalue weighted by Gasteiger charge is -2.22. The minimum Gasteiger partial charge on any atom is -0.483 e. The highest BCUT2D eigenvalue weighted by molar-refractivity contribution is 8.19. The number of hydrogen-bond acceptors (Lipinski definition) is 8. The molecule has 0 atom stereocenters. The second kappa shape index (κ2) is 12.7. The lowest BCUT2D eigenvalue weighted by atomic mass is 10.1. The first kappa shape index (κ1) is 28.7. The number of hydrogen-bond donors (Lipinski definition) is 1. The molecule has 10 nitrogen and oxygen atoms in total. The van der Waals surface area contributed by atoms with Crippen molar-refractivity contribution in [1.29, 1.82) is 0 Å². The van der Waals surface area contributed by atoms with Gasteiger partial charge in [0.25, 0.3) is 22.7 Å². The van der Waals surface area contributed by atoms with Crippen LogP contribution in [0.15, 0.2) is 71.6 Å². The fourth-order valence-electron chi connectivity index (χ4n) is 4.04. The number of carbonyl (C=O) groups excluding carboxylic acids is 3. The van der Waals surface area contributed by atoms with Crippen molar-refractivity contribution in [2.45, 2.75) is 13.8 Å². The SMILES string of the molecule is CCN(CC)c1ccc(/C=C2\SC(=O)N(c3cccc(Cl)c3)C2=O)c(OCC(=O)Nc2cccc([N+](=O)[O-])c2)c1. The van der Waals surface area contributed by atoms with Gasteiger partial charge in [-0.1, -0.05) is 23.7 Å². The van der Waals surface area contributed by atoms with Crippen molar-refractivity contribution in [3.05, 3.63) is 92.3 Å². The number of thioether (sulfide) groups is 1. The van der Waals surface area contributed by atoms with Crippen molar-refractivity contribution < 1.29 is 24.0 Å². The molecule has 0 bridgehead atoms. The summed E-state index contributed by atoms with van der Waals surface area (Å²) in [7, 11) is 0. The number of non-ortho nitro benzene ring substituents is 1. The third-order valence-electron chi connectivity index (χ3n) is 5.97. The topological polar surface area (TPSA) is 122 Å². The van der Waals surface area contributed by atoms with E-state index in [1.54, 1.807) is 36.4 Å². The van der Waals surface area contributed by atoms with Crippen molar-refractivity contribution in [3.63, 3.8) is 0 Å². The van der Waals surface area contributed by atoms with E-state index in [1.165, 1.54) is 30.3 Å². The summed E-state index contributed by atoms with van der Waals surface area (Å²) in [5.41, 5.74) is 1.82. The Morgan fingerprint density at radius 3 is 2.55 bits per heavy atom. The van der Waals surface area contributed by atoms with Crippen LogP contribution in [0.1, 0.15) is 19.4 Å². The van der Waals surface area contributed by atoms with Crippen molar-refractivity contribution in [2.24, 2.45) is 0 Å². The monoisotopic (exact) mass is 580 g/mol. The number of halogens is 1. The zero-order chi connectivity index (χ0) is 28.8. The number of carbonyl (C=O) groups is 3. The Hall–Kier alpha value is -4.35. The fourth-order valence-corrected chi connectivity index (χ4v) is 5.05. The molecule has 40 heavy (non-hydrogen) atoms. The van der Waals surface area contributed by atoms with E-state index < -0.39 is 28.6 Å². The molecule has 0 saturated carbocycles. The molecule has 4 rings (SSSR count). The third kappa shape index (κ3) is 6.61. The molecule has 3 amide bonds. The molecule has 3 aromatic carbocycles. The molecule has 0 radical (unpaired) electrons. The van der Waals surface area contributed by atoms with Gasteiger partial charge in [0.1, 0.15) is 5.75 Å². The van der Waals surface area contributed by atoms with Crippen molar-refractivity contribution in [2.75, 3.05) is 34.8 Å². The predicted octanol–water partition coefficient (Wildman–Crippen LogP) is 6.35. The number of anilines is 3. The molecular formula is C28H25ClN4O6S. The quantitative estimate of drug-likeness (QED) is 0.167. The predicted molar refractivity (Wildman–Crippen MR) is 157 cm³/mol. The Bertz CT molecular complexity index is 1510. The summed E-state index contributed by atoms with van der Waals surface area (Å²) in [5.74, 6) is -0.700. The molecule has 12 heteroatoms. The standard InChI is InChI=1S/C28H25ClN4O6S/c1-3-31(4-2)21-12-11-18(13-25-27(35)32(28(36)40-25)22-9-5-7-19(29)14-22)24(16-21)39-17-26(34)30-20-8-6-10-23(15-20)33(37)38/h5-16H,3-4,17H2,1-2H3,(H,30,34)/b25-13-. The summed E-state index contributed by atoms with van der Waals surface area (Å²) in [6.45, 7) is 5.10. The Balaban J connectivity index is 1.59. The lowest BCUT2D eigenvalue weighted by molar-refractivity contribution is -0.384.